The normalized spacial score (nSPS) is 18.5. The third kappa shape index (κ3) is 5.34. The number of methoxy groups -OCH3 is 1. The second-order valence-electron chi connectivity index (χ2n) is 6.81. The molecule has 0 radical (unpaired) electrons. The molecule has 1 aromatic rings. The highest BCUT2D eigenvalue weighted by Crippen LogP contribution is 2.25. The first-order chi connectivity index (χ1) is 12.6. The lowest BCUT2D eigenvalue weighted by molar-refractivity contribution is -0.140. The minimum Gasteiger partial charge on any atom is -0.484 e. The Labute approximate surface area is 166 Å². The Morgan fingerprint density at radius 1 is 1.22 bits per heavy atom. The largest absolute Gasteiger partial charge is 0.484 e. The predicted octanol–water partition coefficient (Wildman–Crippen LogP) is 1.82. The van der Waals surface area contributed by atoms with E-state index in [9.17, 15) is 9.59 Å². The lowest BCUT2D eigenvalue weighted by atomic mass is 9.91. The quantitative estimate of drug-likeness (QED) is 0.765. The number of carbonyl (C=O) groups is 2. The third-order valence-electron chi connectivity index (χ3n) is 5.13. The first kappa shape index (κ1) is 21.5. The number of anilines is 1. The molecule has 2 fully saturated rings. The molecule has 7 nitrogen and oxygen atoms in total. The SMILES string of the molecule is COC1(C(=O)Nc2cccc(OCC(=O)N3CCCC3)c2)CCNCC1.Cl. The summed E-state index contributed by atoms with van der Waals surface area (Å²) in [4.78, 5) is 26.6. The Kier molecular flexibility index (Phi) is 7.89. The molecular formula is C19H28ClN3O4. The first-order valence-electron chi connectivity index (χ1n) is 9.21. The van der Waals surface area contributed by atoms with Crippen molar-refractivity contribution in [2.24, 2.45) is 0 Å². The van der Waals surface area contributed by atoms with E-state index in [0.717, 1.165) is 39.0 Å². The standard InChI is InChI=1S/C19H27N3O4.ClH/c1-25-19(7-9-20-10-8-19)18(24)21-15-5-4-6-16(13-15)26-14-17(23)22-11-2-3-12-22;/h4-6,13,20H,2-3,7-12,14H2,1H3,(H,21,24);1H. The Bertz CT molecular complexity index is 644. The molecule has 2 aliphatic heterocycles. The summed E-state index contributed by atoms with van der Waals surface area (Å²) < 4.78 is 11.2. The van der Waals surface area contributed by atoms with Gasteiger partial charge in [0.15, 0.2) is 6.61 Å². The van der Waals surface area contributed by atoms with Crippen LogP contribution in [0.5, 0.6) is 5.75 Å². The van der Waals surface area contributed by atoms with Gasteiger partial charge in [-0.15, -0.1) is 12.4 Å². The summed E-state index contributed by atoms with van der Waals surface area (Å²) in [6.07, 6.45) is 3.39. The lowest BCUT2D eigenvalue weighted by Gasteiger charge is -2.34. The molecule has 3 rings (SSSR count). The van der Waals surface area contributed by atoms with Crippen molar-refractivity contribution in [1.29, 1.82) is 0 Å². The van der Waals surface area contributed by atoms with Gasteiger partial charge >= 0.3 is 0 Å². The van der Waals surface area contributed by atoms with E-state index in [0.29, 0.717) is 24.3 Å². The zero-order valence-corrected chi connectivity index (χ0v) is 16.5. The van der Waals surface area contributed by atoms with Crippen molar-refractivity contribution in [3.8, 4) is 5.75 Å². The molecule has 2 heterocycles. The summed E-state index contributed by atoms with van der Waals surface area (Å²) in [7, 11) is 1.58. The van der Waals surface area contributed by atoms with E-state index < -0.39 is 5.60 Å². The molecule has 1 aromatic carbocycles. The van der Waals surface area contributed by atoms with Crippen molar-refractivity contribution in [2.75, 3.05) is 45.2 Å². The Hall–Kier alpha value is -1.83. The zero-order chi connectivity index (χ0) is 18.4. The predicted molar refractivity (Wildman–Crippen MR) is 105 cm³/mol. The van der Waals surface area contributed by atoms with Crippen molar-refractivity contribution in [2.45, 2.75) is 31.3 Å². The molecule has 0 saturated carbocycles. The highest BCUT2D eigenvalue weighted by atomic mass is 35.5. The summed E-state index contributed by atoms with van der Waals surface area (Å²) >= 11 is 0. The van der Waals surface area contributed by atoms with E-state index in [-0.39, 0.29) is 30.8 Å². The topological polar surface area (TPSA) is 79.9 Å². The number of piperidine rings is 1. The number of halogens is 1. The molecule has 0 aliphatic carbocycles. The van der Waals surface area contributed by atoms with Crippen molar-refractivity contribution in [1.82, 2.24) is 10.2 Å². The average Bonchev–Trinajstić information content (AvgIpc) is 3.22. The zero-order valence-electron chi connectivity index (χ0n) is 15.7. The number of nitrogens with one attached hydrogen (secondary N) is 2. The van der Waals surface area contributed by atoms with Gasteiger partial charge in [-0.3, -0.25) is 9.59 Å². The van der Waals surface area contributed by atoms with E-state index in [1.807, 2.05) is 4.90 Å². The maximum absolute atomic E-state index is 12.7. The van der Waals surface area contributed by atoms with E-state index >= 15 is 0 Å². The fraction of sp³-hybridized carbons (Fsp3) is 0.579. The highest BCUT2D eigenvalue weighted by Gasteiger charge is 2.39. The number of amides is 2. The van der Waals surface area contributed by atoms with Crippen LogP contribution in [0.1, 0.15) is 25.7 Å². The number of rotatable bonds is 6. The fourth-order valence-electron chi connectivity index (χ4n) is 3.47. The van der Waals surface area contributed by atoms with Crippen LogP contribution < -0.4 is 15.4 Å². The highest BCUT2D eigenvalue weighted by molar-refractivity contribution is 5.97. The van der Waals surface area contributed by atoms with Gasteiger partial charge in [-0.25, -0.2) is 0 Å². The van der Waals surface area contributed by atoms with Crippen molar-refractivity contribution < 1.29 is 19.1 Å². The molecule has 0 unspecified atom stereocenters. The first-order valence-corrected chi connectivity index (χ1v) is 9.21. The van der Waals surface area contributed by atoms with Crippen LogP contribution in [0.2, 0.25) is 0 Å². The number of benzene rings is 1. The molecule has 0 aromatic heterocycles. The summed E-state index contributed by atoms with van der Waals surface area (Å²) in [6.45, 7) is 3.15. The van der Waals surface area contributed by atoms with E-state index in [1.54, 1.807) is 31.4 Å². The Morgan fingerprint density at radius 2 is 1.93 bits per heavy atom. The smallest absolute Gasteiger partial charge is 0.260 e. The molecule has 2 N–H and O–H groups in total. The van der Waals surface area contributed by atoms with Crippen LogP contribution in [0, 0.1) is 0 Å². The molecular weight excluding hydrogens is 370 g/mol. The van der Waals surface area contributed by atoms with Crippen LogP contribution in [0.25, 0.3) is 0 Å². The number of likely N-dealkylation sites (tertiary alicyclic amines) is 1. The lowest BCUT2D eigenvalue weighted by Crippen LogP contribution is -2.51. The molecule has 0 atom stereocenters. The number of hydrogen-bond acceptors (Lipinski definition) is 5. The summed E-state index contributed by atoms with van der Waals surface area (Å²) in [5.41, 5.74) is -0.163. The number of ether oxygens (including phenoxy) is 2. The van der Waals surface area contributed by atoms with E-state index in [4.69, 9.17) is 9.47 Å². The molecule has 2 saturated heterocycles. The molecule has 150 valence electrons. The maximum Gasteiger partial charge on any atom is 0.260 e. The van der Waals surface area contributed by atoms with Crippen LogP contribution in [0.4, 0.5) is 5.69 Å². The number of hydrogen-bond donors (Lipinski definition) is 2. The second-order valence-corrected chi connectivity index (χ2v) is 6.81. The Balaban J connectivity index is 0.00000261. The molecule has 27 heavy (non-hydrogen) atoms. The van der Waals surface area contributed by atoms with Gasteiger partial charge in [0, 0.05) is 32.0 Å². The molecule has 8 heteroatoms. The fourth-order valence-corrected chi connectivity index (χ4v) is 3.47. The van der Waals surface area contributed by atoms with Gasteiger partial charge in [0.25, 0.3) is 11.8 Å². The van der Waals surface area contributed by atoms with E-state index in [1.165, 1.54) is 0 Å². The van der Waals surface area contributed by atoms with Gasteiger partial charge in [0.05, 0.1) is 0 Å². The molecule has 2 amide bonds. The number of nitrogens with zero attached hydrogens (tertiary/aromatic N) is 1. The van der Waals surface area contributed by atoms with Crippen LogP contribution >= 0.6 is 12.4 Å². The minimum absolute atomic E-state index is 0. The van der Waals surface area contributed by atoms with E-state index in [2.05, 4.69) is 10.6 Å². The summed E-state index contributed by atoms with van der Waals surface area (Å²) in [5, 5.41) is 6.16. The van der Waals surface area contributed by atoms with Crippen molar-refractivity contribution in [3.05, 3.63) is 24.3 Å². The van der Waals surface area contributed by atoms with Gasteiger partial charge in [-0.2, -0.15) is 0 Å². The average molecular weight is 398 g/mol. The van der Waals surface area contributed by atoms with Crippen molar-refractivity contribution >= 4 is 29.9 Å². The van der Waals surface area contributed by atoms with Crippen LogP contribution in [0.15, 0.2) is 24.3 Å². The number of carbonyl (C=O) groups excluding carboxylic acids is 2. The van der Waals surface area contributed by atoms with Gasteiger partial charge in [-0.1, -0.05) is 6.07 Å². The van der Waals surface area contributed by atoms with Gasteiger partial charge < -0.3 is 25.0 Å². The van der Waals surface area contributed by atoms with Crippen LogP contribution in [-0.2, 0) is 14.3 Å². The third-order valence-corrected chi connectivity index (χ3v) is 5.13. The van der Waals surface area contributed by atoms with Gasteiger partial charge in [0.2, 0.25) is 0 Å². The molecule has 0 spiro atoms. The van der Waals surface area contributed by atoms with Crippen LogP contribution in [0.3, 0.4) is 0 Å². The van der Waals surface area contributed by atoms with Crippen LogP contribution in [-0.4, -0.2) is 62.2 Å². The second kappa shape index (κ2) is 9.92. The van der Waals surface area contributed by atoms with Gasteiger partial charge in [-0.05, 0) is 50.9 Å². The Morgan fingerprint density at radius 3 is 2.59 bits per heavy atom. The van der Waals surface area contributed by atoms with Crippen molar-refractivity contribution in [3.63, 3.8) is 0 Å². The van der Waals surface area contributed by atoms with Gasteiger partial charge in [0.1, 0.15) is 11.4 Å². The summed E-state index contributed by atoms with van der Waals surface area (Å²) in [5.74, 6) is 0.420. The monoisotopic (exact) mass is 397 g/mol. The maximum atomic E-state index is 12.7. The summed E-state index contributed by atoms with van der Waals surface area (Å²) in [6, 6.07) is 7.12. The minimum atomic E-state index is -0.798. The molecule has 2 aliphatic rings. The molecule has 0 bridgehead atoms.